The molecule has 0 saturated heterocycles. The zero-order valence-electron chi connectivity index (χ0n) is 26.5. The quantitative estimate of drug-likeness (QED) is 0.176. The molecule has 238 valence electrons. The lowest BCUT2D eigenvalue weighted by Gasteiger charge is -2.36. The Labute approximate surface area is 269 Å². The van der Waals surface area contributed by atoms with Gasteiger partial charge in [-0.05, 0) is 35.4 Å². The van der Waals surface area contributed by atoms with Crippen LogP contribution in [-0.4, -0.2) is 63.3 Å². The first-order valence-electron chi connectivity index (χ1n) is 14.8. The second-order valence-electron chi connectivity index (χ2n) is 10.8. The van der Waals surface area contributed by atoms with E-state index in [-0.39, 0.29) is 24.8 Å². The zero-order valence-corrected chi connectivity index (χ0v) is 26.5. The number of ketones is 1. The largest absolute Gasteiger partial charge is 0.497 e. The van der Waals surface area contributed by atoms with E-state index < -0.39 is 0 Å². The second-order valence-corrected chi connectivity index (χ2v) is 10.8. The molecule has 0 atom stereocenters. The lowest BCUT2D eigenvalue weighted by Crippen LogP contribution is -2.47. The molecule has 1 N–H and O–H groups in total. The highest BCUT2D eigenvalue weighted by Crippen LogP contribution is 2.36. The van der Waals surface area contributed by atoms with Crippen molar-refractivity contribution in [3.8, 4) is 11.5 Å². The molecule has 2 heterocycles. The number of ether oxygens (including phenoxy) is 3. The zero-order chi connectivity index (χ0) is 32.6. The smallest absolute Gasteiger partial charge is 0.330 e. The highest BCUT2D eigenvalue weighted by atomic mass is 16.5. The van der Waals surface area contributed by atoms with Crippen LogP contribution in [0, 0.1) is 0 Å². The molecule has 0 fully saturated rings. The van der Waals surface area contributed by atoms with Crippen LogP contribution in [-0.2, 0) is 29.0 Å². The first-order valence-corrected chi connectivity index (χ1v) is 14.8. The molecule has 3 aromatic carbocycles. The number of amides is 2. The van der Waals surface area contributed by atoms with Gasteiger partial charge in [-0.3, -0.25) is 14.6 Å². The van der Waals surface area contributed by atoms with Crippen LogP contribution in [0.25, 0.3) is 0 Å². The van der Waals surface area contributed by atoms with E-state index in [0.717, 1.165) is 22.4 Å². The number of nitrogens with zero attached hydrogens (tertiary/aromatic N) is 5. The molecular weight excluding hydrogens is 584 g/mol. The van der Waals surface area contributed by atoms with Gasteiger partial charge in [0.05, 0.1) is 39.6 Å². The Kier molecular flexibility index (Phi) is 10.1. The highest BCUT2D eigenvalue weighted by Gasteiger charge is 2.34. The number of benzene rings is 3. The molecular formula is C35H38N6O5. The number of hydrogen-bond donors (Lipinski definition) is 1. The Morgan fingerprint density at radius 2 is 1.78 bits per heavy atom. The van der Waals surface area contributed by atoms with E-state index in [1.165, 1.54) is 6.08 Å². The van der Waals surface area contributed by atoms with E-state index in [9.17, 15) is 9.59 Å². The first kappa shape index (κ1) is 32.0. The lowest BCUT2D eigenvalue weighted by atomic mass is 10.0. The average Bonchev–Trinajstić information content (AvgIpc) is 3.09. The van der Waals surface area contributed by atoms with Crippen LogP contribution in [0.3, 0.4) is 0 Å². The molecule has 0 unspecified atom stereocenters. The molecule has 5 rings (SSSR count). The summed E-state index contributed by atoms with van der Waals surface area (Å²) in [6, 6.07) is 20.7. The van der Waals surface area contributed by atoms with Crippen LogP contribution in [0.5, 0.6) is 11.5 Å². The standard InChI is InChI=1S/C35H38N6O5/c1-6-29(42)17-25-16-27(39(2)14-15-44-3)12-13-32(25)37-34-36-21-26-23-40(28-18-30(45-4)20-31(19-28)46-5)35(43)41(33(26)38-34)22-24-10-8-7-9-11-24/h6-13,16,18-21H,1,14-15,17,22-23H2,2-5H3,(H,36,37,38). The average molecular weight is 623 g/mol. The van der Waals surface area contributed by atoms with Gasteiger partial charge in [-0.2, -0.15) is 4.98 Å². The number of carbonyl (C=O) groups is 2. The fourth-order valence-corrected chi connectivity index (χ4v) is 5.16. The third kappa shape index (κ3) is 7.27. The maximum atomic E-state index is 14.2. The highest BCUT2D eigenvalue weighted by molar-refractivity contribution is 6.05. The normalized spacial score (nSPS) is 12.4. The number of aromatic nitrogens is 2. The summed E-state index contributed by atoms with van der Waals surface area (Å²) in [5.41, 5.74) is 4.72. The van der Waals surface area contributed by atoms with Gasteiger partial charge in [0.1, 0.15) is 17.3 Å². The number of likely N-dealkylation sites (N-methyl/N-ethyl adjacent to an activating group) is 1. The van der Waals surface area contributed by atoms with Gasteiger partial charge in [-0.25, -0.2) is 9.78 Å². The van der Waals surface area contributed by atoms with Crippen molar-refractivity contribution < 1.29 is 23.8 Å². The summed E-state index contributed by atoms with van der Waals surface area (Å²) in [5.74, 6) is 1.83. The first-order chi connectivity index (χ1) is 22.3. The predicted octanol–water partition coefficient (Wildman–Crippen LogP) is 5.76. The van der Waals surface area contributed by atoms with Crippen LogP contribution in [0.1, 0.15) is 16.7 Å². The van der Waals surface area contributed by atoms with Crippen molar-refractivity contribution in [2.24, 2.45) is 0 Å². The van der Waals surface area contributed by atoms with Crippen LogP contribution in [0.4, 0.5) is 33.6 Å². The van der Waals surface area contributed by atoms with Gasteiger partial charge in [-0.15, -0.1) is 0 Å². The maximum absolute atomic E-state index is 14.2. The third-order valence-corrected chi connectivity index (χ3v) is 7.72. The topological polar surface area (TPSA) is 109 Å². The Morgan fingerprint density at radius 3 is 2.46 bits per heavy atom. The van der Waals surface area contributed by atoms with Crippen molar-refractivity contribution in [2.45, 2.75) is 19.5 Å². The summed E-state index contributed by atoms with van der Waals surface area (Å²) in [4.78, 5) is 41.4. The molecule has 0 bridgehead atoms. The van der Waals surface area contributed by atoms with Gasteiger partial charge in [0.25, 0.3) is 0 Å². The Bertz CT molecular complexity index is 1690. The summed E-state index contributed by atoms with van der Waals surface area (Å²) in [6.07, 6.45) is 3.19. The number of carbonyl (C=O) groups excluding carboxylic acids is 2. The van der Waals surface area contributed by atoms with E-state index in [2.05, 4.69) is 21.8 Å². The predicted molar refractivity (Wildman–Crippen MR) is 180 cm³/mol. The maximum Gasteiger partial charge on any atom is 0.330 e. The van der Waals surface area contributed by atoms with Crippen molar-refractivity contribution in [1.29, 1.82) is 0 Å². The molecule has 0 saturated carbocycles. The van der Waals surface area contributed by atoms with Crippen molar-refractivity contribution in [3.05, 3.63) is 102 Å². The van der Waals surface area contributed by atoms with Gasteiger partial charge in [0, 0.05) is 68.5 Å². The fourth-order valence-electron chi connectivity index (χ4n) is 5.16. The lowest BCUT2D eigenvalue weighted by molar-refractivity contribution is -0.114. The second kappa shape index (κ2) is 14.6. The summed E-state index contributed by atoms with van der Waals surface area (Å²) in [7, 11) is 6.77. The molecule has 4 aromatic rings. The minimum Gasteiger partial charge on any atom is -0.497 e. The number of anilines is 5. The molecule has 1 aliphatic heterocycles. The summed E-state index contributed by atoms with van der Waals surface area (Å²) in [5, 5.41) is 3.30. The number of allylic oxidation sites excluding steroid dienone is 1. The van der Waals surface area contributed by atoms with Crippen LogP contribution in [0.15, 0.2) is 85.6 Å². The third-order valence-electron chi connectivity index (χ3n) is 7.72. The Morgan fingerprint density at radius 1 is 1.04 bits per heavy atom. The van der Waals surface area contributed by atoms with E-state index >= 15 is 0 Å². The van der Waals surface area contributed by atoms with Gasteiger partial charge in [-0.1, -0.05) is 36.9 Å². The van der Waals surface area contributed by atoms with E-state index in [4.69, 9.17) is 19.2 Å². The number of hydrogen-bond acceptors (Lipinski definition) is 9. The molecule has 2 amide bonds. The monoisotopic (exact) mass is 622 g/mol. The molecule has 11 nitrogen and oxygen atoms in total. The van der Waals surface area contributed by atoms with E-state index in [1.54, 1.807) is 55.5 Å². The fraction of sp³-hybridized carbons (Fsp3) is 0.257. The Balaban J connectivity index is 1.51. The van der Waals surface area contributed by atoms with Crippen molar-refractivity contribution >= 4 is 40.6 Å². The SMILES string of the molecule is C=CC(=O)Cc1cc(N(C)CCOC)ccc1Nc1ncc2c(n1)N(Cc1ccccc1)C(=O)N(c1cc(OC)cc(OC)c1)C2. The number of fused-ring (bicyclic) bond motifs is 1. The number of urea groups is 1. The summed E-state index contributed by atoms with van der Waals surface area (Å²) in [6.45, 7) is 5.44. The molecule has 0 spiro atoms. The molecule has 0 radical (unpaired) electrons. The van der Waals surface area contributed by atoms with E-state index in [1.807, 2.05) is 55.6 Å². The molecule has 46 heavy (non-hydrogen) atoms. The molecule has 1 aliphatic rings. The number of rotatable bonds is 14. The van der Waals surface area contributed by atoms with Crippen molar-refractivity contribution in [1.82, 2.24) is 9.97 Å². The van der Waals surface area contributed by atoms with Gasteiger partial charge >= 0.3 is 6.03 Å². The Hall–Kier alpha value is -5.42. The van der Waals surface area contributed by atoms with Crippen LogP contribution < -0.4 is 29.5 Å². The van der Waals surface area contributed by atoms with Crippen LogP contribution >= 0.6 is 0 Å². The summed E-state index contributed by atoms with van der Waals surface area (Å²) >= 11 is 0. The minimum atomic E-state index is -0.253. The van der Waals surface area contributed by atoms with Crippen molar-refractivity contribution in [2.75, 3.05) is 61.5 Å². The van der Waals surface area contributed by atoms with Crippen molar-refractivity contribution in [3.63, 3.8) is 0 Å². The summed E-state index contributed by atoms with van der Waals surface area (Å²) < 4.78 is 16.2. The van der Waals surface area contributed by atoms with Gasteiger partial charge in [0.2, 0.25) is 5.95 Å². The van der Waals surface area contributed by atoms with Gasteiger partial charge in [0.15, 0.2) is 5.78 Å². The molecule has 0 aliphatic carbocycles. The number of nitrogens with one attached hydrogen (secondary N) is 1. The van der Waals surface area contributed by atoms with E-state index in [0.29, 0.717) is 54.3 Å². The minimum absolute atomic E-state index is 0.111. The molecule has 1 aromatic heterocycles. The molecule has 11 heteroatoms. The van der Waals surface area contributed by atoms with Crippen LogP contribution in [0.2, 0.25) is 0 Å². The number of methoxy groups -OCH3 is 3. The van der Waals surface area contributed by atoms with Gasteiger partial charge < -0.3 is 24.4 Å².